The van der Waals surface area contributed by atoms with Gasteiger partial charge in [0, 0.05) is 37.7 Å². The van der Waals surface area contributed by atoms with Crippen LogP contribution in [-0.2, 0) is 12.8 Å². The quantitative estimate of drug-likeness (QED) is 0.504. The first-order valence-electron chi connectivity index (χ1n) is 3.35. The predicted octanol–water partition coefficient (Wildman–Crippen LogP) is 1.99. The normalized spacial score (nSPS) is 14.0. The van der Waals surface area contributed by atoms with Crippen LogP contribution in [0.15, 0.2) is 24.3 Å². The second-order valence-electron chi connectivity index (χ2n) is 2.47. The first-order valence-corrected chi connectivity index (χ1v) is 3.35. The van der Waals surface area contributed by atoms with E-state index >= 15 is 0 Å². The molecule has 0 nitrogen and oxygen atoms in total. The van der Waals surface area contributed by atoms with Gasteiger partial charge in [-0.05, 0) is 0 Å². The van der Waals surface area contributed by atoms with E-state index in [0.29, 0.717) is 0 Å². The second kappa shape index (κ2) is 3.75. The Hall–Kier alpha value is 0.480. The third-order valence-corrected chi connectivity index (χ3v) is 1.85. The molecular formula is C9H9Ho-. The Balaban J connectivity index is 0.000000500. The number of hydrogen-bond donors (Lipinski definition) is 0. The van der Waals surface area contributed by atoms with Gasteiger partial charge in [-0.3, -0.25) is 0 Å². The molecule has 0 spiro atoms. The summed E-state index contributed by atoms with van der Waals surface area (Å²) in [6, 6.07) is 8.63. The molecule has 1 aromatic carbocycles. The largest absolute Gasteiger partial charge is 0.320 e. The Kier molecular flexibility index (Phi) is 3.22. The molecule has 0 N–H and O–H groups in total. The standard InChI is InChI=1S/C9H9.Ho/c1-2-5-9-7-3-6-8(9)4-1;/h1-5H,6-7H2;/q-1;. The van der Waals surface area contributed by atoms with E-state index in [1.54, 1.807) is 0 Å². The van der Waals surface area contributed by atoms with Crippen LogP contribution in [0, 0.1) is 44.2 Å². The monoisotopic (exact) mass is 282 g/mol. The van der Waals surface area contributed by atoms with Crippen molar-refractivity contribution >= 4 is 0 Å². The summed E-state index contributed by atoms with van der Waals surface area (Å²) in [6.07, 6.45) is 4.68. The SMILES string of the molecule is [Ho].c1ccc2c(c1)C[CH-]C2. The average molecular weight is 282 g/mol. The van der Waals surface area contributed by atoms with Gasteiger partial charge in [0.15, 0.2) is 0 Å². The zero-order chi connectivity index (χ0) is 6.10. The maximum Gasteiger partial charge on any atom is 0 e. The fraction of sp³-hybridized carbons (Fsp3) is 0.222. The summed E-state index contributed by atoms with van der Waals surface area (Å²) in [6.45, 7) is 0. The van der Waals surface area contributed by atoms with Crippen LogP contribution in [0.3, 0.4) is 0 Å². The molecule has 10 heavy (non-hydrogen) atoms. The van der Waals surface area contributed by atoms with Gasteiger partial charge >= 0.3 is 0 Å². The minimum atomic E-state index is 0. The summed E-state index contributed by atoms with van der Waals surface area (Å²) in [4.78, 5) is 0. The van der Waals surface area contributed by atoms with E-state index in [-0.39, 0.29) is 37.7 Å². The van der Waals surface area contributed by atoms with Crippen LogP contribution in [0.1, 0.15) is 11.1 Å². The molecule has 1 aliphatic rings. The molecular weight excluding hydrogens is 273 g/mol. The first-order chi connectivity index (χ1) is 4.47. The molecule has 1 radical (unpaired) electrons. The fourth-order valence-electron chi connectivity index (χ4n) is 1.34. The van der Waals surface area contributed by atoms with Gasteiger partial charge in [0.05, 0.1) is 0 Å². The molecule has 0 heterocycles. The van der Waals surface area contributed by atoms with Gasteiger partial charge in [0.2, 0.25) is 0 Å². The van der Waals surface area contributed by atoms with Crippen LogP contribution >= 0.6 is 0 Å². The molecule has 1 aliphatic carbocycles. The molecule has 1 aromatic rings. The van der Waals surface area contributed by atoms with Crippen molar-refractivity contribution in [3.63, 3.8) is 0 Å². The van der Waals surface area contributed by atoms with Crippen molar-refractivity contribution in [3.8, 4) is 0 Å². The van der Waals surface area contributed by atoms with Crippen LogP contribution in [0.2, 0.25) is 0 Å². The van der Waals surface area contributed by atoms with Gasteiger partial charge in [-0.1, -0.05) is 35.4 Å². The van der Waals surface area contributed by atoms with Crippen LogP contribution in [-0.4, -0.2) is 0 Å². The van der Waals surface area contributed by atoms with Crippen molar-refractivity contribution in [1.29, 1.82) is 0 Å². The Labute approximate surface area is 91.6 Å². The third-order valence-electron chi connectivity index (χ3n) is 1.85. The van der Waals surface area contributed by atoms with Gasteiger partial charge in [-0.2, -0.15) is 12.8 Å². The molecule has 0 fully saturated rings. The van der Waals surface area contributed by atoms with Gasteiger partial charge in [-0.25, -0.2) is 0 Å². The third kappa shape index (κ3) is 1.55. The van der Waals surface area contributed by atoms with Gasteiger partial charge in [0.25, 0.3) is 0 Å². The van der Waals surface area contributed by atoms with Gasteiger partial charge < -0.3 is 6.42 Å². The predicted molar refractivity (Wildman–Crippen MR) is 38.2 cm³/mol. The first kappa shape index (κ1) is 8.58. The molecule has 0 amide bonds. The van der Waals surface area contributed by atoms with E-state index in [9.17, 15) is 0 Å². The van der Waals surface area contributed by atoms with E-state index in [1.165, 1.54) is 24.0 Å². The number of fused-ring (bicyclic) bond motifs is 1. The van der Waals surface area contributed by atoms with Crippen LogP contribution in [0.25, 0.3) is 0 Å². The molecule has 2 rings (SSSR count). The molecule has 0 unspecified atom stereocenters. The Morgan fingerprint density at radius 1 is 1.00 bits per heavy atom. The summed E-state index contributed by atoms with van der Waals surface area (Å²) in [5.74, 6) is 0. The topological polar surface area (TPSA) is 0 Å². The van der Waals surface area contributed by atoms with Crippen molar-refractivity contribution in [2.24, 2.45) is 0 Å². The maximum absolute atomic E-state index is 2.32. The summed E-state index contributed by atoms with van der Waals surface area (Å²) in [5.41, 5.74) is 3.02. The van der Waals surface area contributed by atoms with Crippen LogP contribution in [0.4, 0.5) is 0 Å². The smallest absolute Gasteiger partial charge is 0 e. The van der Waals surface area contributed by atoms with Crippen molar-refractivity contribution in [1.82, 2.24) is 0 Å². The summed E-state index contributed by atoms with van der Waals surface area (Å²) < 4.78 is 0. The van der Waals surface area contributed by atoms with E-state index in [4.69, 9.17) is 0 Å². The zero-order valence-electron chi connectivity index (χ0n) is 5.60. The van der Waals surface area contributed by atoms with E-state index < -0.39 is 0 Å². The molecule has 0 aromatic heterocycles. The van der Waals surface area contributed by atoms with Crippen molar-refractivity contribution in [3.05, 3.63) is 41.8 Å². The Morgan fingerprint density at radius 2 is 1.50 bits per heavy atom. The minimum absolute atomic E-state index is 0. The van der Waals surface area contributed by atoms with Crippen molar-refractivity contribution < 1.29 is 37.7 Å². The number of hydrogen-bond acceptors (Lipinski definition) is 0. The van der Waals surface area contributed by atoms with Crippen molar-refractivity contribution in [2.45, 2.75) is 12.8 Å². The molecule has 0 atom stereocenters. The number of benzene rings is 1. The maximum atomic E-state index is 2.32. The molecule has 0 aliphatic heterocycles. The van der Waals surface area contributed by atoms with Gasteiger partial charge in [-0.15, -0.1) is 0 Å². The average Bonchev–Trinajstić information content (AvgIpc) is 2.33. The van der Waals surface area contributed by atoms with Gasteiger partial charge in [0.1, 0.15) is 0 Å². The fourth-order valence-corrected chi connectivity index (χ4v) is 1.34. The zero-order valence-corrected chi connectivity index (χ0v) is 7.54. The summed E-state index contributed by atoms with van der Waals surface area (Å²) in [5, 5.41) is 0. The second-order valence-corrected chi connectivity index (χ2v) is 2.47. The molecule has 0 saturated heterocycles. The van der Waals surface area contributed by atoms with Crippen molar-refractivity contribution in [2.75, 3.05) is 0 Å². The molecule has 0 saturated carbocycles. The van der Waals surface area contributed by atoms with E-state index in [2.05, 4.69) is 30.7 Å². The minimum Gasteiger partial charge on any atom is -0.320 e. The molecule has 57 valence electrons. The summed E-state index contributed by atoms with van der Waals surface area (Å²) in [7, 11) is 0. The van der Waals surface area contributed by atoms with E-state index in [0.717, 1.165) is 0 Å². The number of rotatable bonds is 0. The van der Waals surface area contributed by atoms with E-state index in [1.807, 2.05) is 0 Å². The van der Waals surface area contributed by atoms with Crippen LogP contribution in [0.5, 0.6) is 0 Å². The Morgan fingerprint density at radius 3 is 2.00 bits per heavy atom. The molecule has 1 heteroatoms. The molecule has 0 bridgehead atoms. The summed E-state index contributed by atoms with van der Waals surface area (Å²) >= 11 is 0. The Bertz CT molecular complexity index is 195. The van der Waals surface area contributed by atoms with Crippen LogP contribution < -0.4 is 0 Å².